The fraction of sp³-hybridized carbons (Fsp3) is 1.00. The molecule has 0 N–H and O–H groups in total. The molecule has 2 rings (SSSR count). The van der Waals surface area contributed by atoms with Crippen LogP contribution < -0.4 is 0 Å². The SMILES string of the molecule is CC(C)P(C1CCCCCC1)C1CCCCCC1. The third-order valence-electron chi connectivity index (χ3n) is 5.09. The summed E-state index contributed by atoms with van der Waals surface area (Å²) in [5.74, 6) is 0. The third kappa shape index (κ3) is 4.22. The minimum Gasteiger partial charge on any atom is -0.0977 e. The second kappa shape index (κ2) is 7.88. The molecular weight excluding hydrogens is 235 g/mol. The van der Waals surface area contributed by atoms with E-state index in [9.17, 15) is 0 Å². The molecule has 2 aliphatic carbocycles. The van der Waals surface area contributed by atoms with Crippen LogP contribution >= 0.6 is 7.92 Å². The molecule has 0 saturated heterocycles. The van der Waals surface area contributed by atoms with Crippen LogP contribution in [0.4, 0.5) is 0 Å². The monoisotopic (exact) mass is 268 g/mol. The summed E-state index contributed by atoms with van der Waals surface area (Å²) in [5, 5.41) is 0. The van der Waals surface area contributed by atoms with E-state index in [1.165, 1.54) is 51.4 Å². The summed E-state index contributed by atoms with van der Waals surface area (Å²) >= 11 is 0. The van der Waals surface area contributed by atoms with Crippen molar-refractivity contribution in [3.05, 3.63) is 0 Å². The largest absolute Gasteiger partial charge is 0.0977 e. The predicted octanol–water partition coefficient (Wildman–Crippen LogP) is 6.32. The van der Waals surface area contributed by atoms with E-state index in [-0.39, 0.29) is 0 Å². The molecule has 2 aliphatic rings. The lowest BCUT2D eigenvalue weighted by molar-refractivity contribution is 0.656. The highest BCUT2D eigenvalue weighted by molar-refractivity contribution is 7.59. The van der Waals surface area contributed by atoms with Crippen LogP contribution in [-0.4, -0.2) is 17.0 Å². The molecular formula is C17H33P. The van der Waals surface area contributed by atoms with Crippen LogP contribution in [-0.2, 0) is 0 Å². The normalized spacial score (nSPS) is 25.3. The van der Waals surface area contributed by atoms with Gasteiger partial charge in [0.15, 0.2) is 0 Å². The average Bonchev–Trinajstić information content (AvgIpc) is 2.74. The Kier molecular flexibility index (Phi) is 6.50. The van der Waals surface area contributed by atoms with Crippen molar-refractivity contribution in [2.45, 2.75) is 108 Å². The van der Waals surface area contributed by atoms with Crippen LogP contribution in [0.1, 0.15) is 90.9 Å². The fourth-order valence-corrected chi connectivity index (χ4v) is 8.46. The summed E-state index contributed by atoms with van der Waals surface area (Å²) in [5.41, 5.74) is 3.24. The Labute approximate surface area is 116 Å². The standard InChI is InChI=1S/C17H33P/c1-15(2)18(16-11-7-3-4-8-12-16)17-13-9-5-6-10-14-17/h15-17H,3-14H2,1-2H3. The van der Waals surface area contributed by atoms with E-state index in [1.54, 1.807) is 25.7 Å². The maximum Gasteiger partial charge on any atom is -0.0204 e. The van der Waals surface area contributed by atoms with Gasteiger partial charge in [-0.3, -0.25) is 0 Å². The Morgan fingerprint density at radius 2 is 0.944 bits per heavy atom. The summed E-state index contributed by atoms with van der Waals surface area (Å²) in [7, 11) is 0.310. The van der Waals surface area contributed by atoms with Crippen LogP contribution in [0.5, 0.6) is 0 Å². The first-order valence-electron chi connectivity index (χ1n) is 8.56. The van der Waals surface area contributed by atoms with E-state index in [0.717, 1.165) is 17.0 Å². The molecule has 2 fully saturated rings. The number of hydrogen-bond acceptors (Lipinski definition) is 0. The Balaban J connectivity index is 2.00. The highest BCUT2D eigenvalue weighted by Gasteiger charge is 2.31. The lowest BCUT2D eigenvalue weighted by Gasteiger charge is -2.37. The molecule has 0 amide bonds. The van der Waals surface area contributed by atoms with Crippen molar-refractivity contribution >= 4 is 7.92 Å². The molecule has 0 aromatic carbocycles. The molecule has 0 unspecified atom stereocenters. The molecule has 0 heterocycles. The lowest BCUT2D eigenvalue weighted by atomic mass is 10.2. The van der Waals surface area contributed by atoms with Crippen LogP contribution in [0.3, 0.4) is 0 Å². The van der Waals surface area contributed by atoms with E-state index in [4.69, 9.17) is 0 Å². The zero-order valence-electron chi connectivity index (χ0n) is 12.7. The lowest BCUT2D eigenvalue weighted by Crippen LogP contribution is -2.20. The average molecular weight is 268 g/mol. The predicted molar refractivity (Wildman–Crippen MR) is 85.0 cm³/mol. The number of hydrogen-bond donors (Lipinski definition) is 0. The van der Waals surface area contributed by atoms with Crippen molar-refractivity contribution in [3.8, 4) is 0 Å². The highest BCUT2D eigenvalue weighted by atomic mass is 31.1. The summed E-state index contributed by atoms with van der Waals surface area (Å²) in [4.78, 5) is 0. The first kappa shape index (κ1) is 14.8. The molecule has 106 valence electrons. The van der Waals surface area contributed by atoms with Gasteiger partial charge in [0.2, 0.25) is 0 Å². The maximum atomic E-state index is 2.53. The van der Waals surface area contributed by atoms with Crippen molar-refractivity contribution in [1.29, 1.82) is 0 Å². The molecule has 0 spiro atoms. The van der Waals surface area contributed by atoms with Gasteiger partial charge in [-0.15, -0.1) is 0 Å². The van der Waals surface area contributed by atoms with E-state index in [2.05, 4.69) is 13.8 Å². The van der Waals surface area contributed by atoms with E-state index in [1.807, 2.05) is 0 Å². The zero-order chi connectivity index (χ0) is 12.8. The molecule has 0 aromatic rings. The maximum absolute atomic E-state index is 2.53. The Bertz CT molecular complexity index is 188. The molecule has 0 nitrogen and oxygen atoms in total. The molecule has 0 radical (unpaired) electrons. The Hall–Kier alpha value is 0.430. The van der Waals surface area contributed by atoms with Crippen molar-refractivity contribution in [3.63, 3.8) is 0 Å². The van der Waals surface area contributed by atoms with Gasteiger partial charge in [-0.05, 0) is 42.7 Å². The van der Waals surface area contributed by atoms with E-state index < -0.39 is 0 Å². The Morgan fingerprint density at radius 1 is 0.611 bits per heavy atom. The van der Waals surface area contributed by atoms with E-state index in [0.29, 0.717) is 7.92 Å². The van der Waals surface area contributed by atoms with Gasteiger partial charge in [-0.1, -0.05) is 73.1 Å². The van der Waals surface area contributed by atoms with Crippen LogP contribution in [0, 0.1) is 0 Å². The van der Waals surface area contributed by atoms with Gasteiger partial charge in [-0.25, -0.2) is 0 Å². The molecule has 18 heavy (non-hydrogen) atoms. The van der Waals surface area contributed by atoms with Gasteiger partial charge in [0.1, 0.15) is 0 Å². The molecule has 0 aliphatic heterocycles. The van der Waals surface area contributed by atoms with Crippen molar-refractivity contribution in [1.82, 2.24) is 0 Å². The minimum absolute atomic E-state index is 0.310. The molecule has 2 saturated carbocycles. The smallest absolute Gasteiger partial charge is 0.0204 e. The van der Waals surface area contributed by atoms with Crippen LogP contribution in [0.15, 0.2) is 0 Å². The summed E-state index contributed by atoms with van der Waals surface area (Å²) in [6.07, 6.45) is 18.5. The van der Waals surface area contributed by atoms with Gasteiger partial charge >= 0.3 is 0 Å². The molecule has 0 atom stereocenters. The van der Waals surface area contributed by atoms with Crippen LogP contribution in [0.2, 0.25) is 0 Å². The highest BCUT2D eigenvalue weighted by Crippen LogP contribution is 2.57. The molecule has 0 bridgehead atoms. The van der Waals surface area contributed by atoms with Gasteiger partial charge in [0, 0.05) is 0 Å². The fourth-order valence-electron chi connectivity index (χ4n) is 4.25. The zero-order valence-corrected chi connectivity index (χ0v) is 13.6. The van der Waals surface area contributed by atoms with Crippen LogP contribution in [0.25, 0.3) is 0 Å². The van der Waals surface area contributed by atoms with E-state index >= 15 is 0 Å². The Morgan fingerprint density at radius 3 is 1.22 bits per heavy atom. The first-order chi connectivity index (χ1) is 8.79. The minimum atomic E-state index is 0.310. The number of rotatable bonds is 3. The molecule has 0 aromatic heterocycles. The van der Waals surface area contributed by atoms with Gasteiger partial charge < -0.3 is 0 Å². The third-order valence-corrected chi connectivity index (χ3v) is 9.00. The summed E-state index contributed by atoms with van der Waals surface area (Å²) in [6, 6.07) is 0. The second-order valence-corrected chi connectivity index (χ2v) is 10.2. The quantitative estimate of drug-likeness (QED) is 0.415. The van der Waals surface area contributed by atoms with Crippen molar-refractivity contribution in [2.75, 3.05) is 0 Å². The van der Waals surface area contributed by atoms with Gasteiger partial charge in [-0.2, -0.15) is 0 Å². The first-order valence-corrected chi connectivity index (χ1v) is 10.1. The summed E-state index contributed by atoms with van der Waals surface area (Å²) < 4.78 is 0. The van der Waals surface area contributed by atoms with Gasteiger partial charge in [0.05, 0.1) is 0 Å². The second-order valence-electron chi connectivity index (χ2n) is 6.83. The summed E-state index contributed by atoms with van der Waals surface area (Å²) in [6.45, 7) is 5.06. The van der Waals surface area contributed by atoms with Crippen molar-refractivity contribution < 1.29 is 0 Å². The van der Waals surface area contributed by atoms with Gasteiger partial charge in [0.25, 0.3) is 0 Å². The van der Waals surface area contributed by atoms with Crippen molar-refractivity contribution in [2.24, 2.45) is 0 Å². The molecule has 1 heteroatoms. The topological polar surface area (TPSA) is 0 Å².